The molecule has 0 radical (unpaired) electrons. The van der Waals surface area contributed by atoms with E-state index in [0.29, 0.717) is 23.7 Å². The molecule has 1 atom stereocenters. The fraction of sp³-hybridized carbons (Fsp3) is 0.300. The maximum Gasteiger partial charge on any atom is 0.338 e. The molecule has 1 amide bonds. The Labute approximate surface area is 153 Å². The molecule has 0 spiro atoms. The van der Waals surface area contributed by atoms with E-state index in [2.05, 4.69) is 5.32 Å². The predicted molar refractivity (Wildman–Crippen MR) is 97.4 cm³/mol. The van der Waals surface area contributed by atoms with E-state index in [1.807, 2.05) is 38.1 Å². The molecule has 0 fully saturated rings. The van der Waals surface area contributed by atoms with Gasteiger partial charge in [-0.2, -0.15) is 0 Å². The van der Waals surface area contributed by atoms with Crippen molar-refractivity contribution in [3.05, 3.63) is 59.7 Å². The van der Waals surface area contributed by atoms with Crippen molar-refractivity contribution in [3.63, 3.8) is 0 Å². The number of nitrogens with one attached hydrogen (secondary N) is 1. The van der Waals surface area contributed by atoms with Crippen molar-refractivity contribution >= 4 is 11.9 Å². The molecule has 6 heteroatoms. The Morgan fingerprint density at radius 2 is 1.81 bits per heavy atom. The van der Waals surface area contributed by atoms with Crippen molar-refractivity contribution in [2.45, 2.75) is 19.9 Å². The van der Waals surface area contributed by atoms with E-state index < -0.39 is 5.97 Å². The first-order chi connectivity index (χ1) is 12.5. The number of benzene rings is 2. The van der Waals surface area contributed by atoms with Crippen LogP contribution in [0.5, 0.6) is 11.5 Å². The smallest absolute Gasteiger partial charge is 0.338 e. The largest absolute Gasteiger partial charge is 0.497 e. The summed E-state index contributed by atoms with van der Waals surface area (Å²) in [7, 11) is 1.59. The average Bonchev–Trinajstić information content (AvgIpc) is 2.67. The molecule has 2 aromatic carbocycles. The third-order valence-electron chi connectivity index (χ3n) is 3.71. The highest BCUT2D eigenvalue weighted by molar-refractivity contribution is 5.91. The van der Waals surface area contributed by atoms with Crippen LogP contribution in [0.2, 0.25) is 0 Å². The van der Waals surface area contributed by atoms with Gasteiger partial charge in [0.25, 0.3) is 5.91 Å². The van der Waals surface area contributed by atoms with Crippen LogP contribution in [0.1, 0.15) is 35.8 Å². The van der Waals surface area contributed by atoms with Crippen LogP contribution in [0.25, 0.3) is 0 Å². The molecule has 0 saturated heterocycles. The van der Waals surface area contributed by atoms with Gasteiger partial charge in [0.1, 0.15) is 11.5 Å². The summed E-state index contributed by atoms with van der Waals surface area (Å²) in [6, 6.07) is 13.8. The number of amides is 1. The summed E-state index contributed by atoms with van der Waals surface area (Å²) in [6.07, 6.45) is 0. The molecule has 6 nitrogen and oxygen atoms in total. The molecule has 0 aromatic heterocycles. The van der Waals surface area contributed by atoms with Crippen LogP contribution in [0, 0.1) is 0 Å². The average molecular weight is 357 g/mol. The maximum atomic E-state index is 12.0. The highest BCUT2D eigenvalue weighted by Crippen LogP contribution is 2.18. The van der Waals surface area contributed by atoms with E-state index in [1.165, 1.54) is 0 Å². The van der Waals surface area contributed by atoms with Crippen LogP contribution in [0.3, 0.4) is 0 Å². The van der Waals surface area contributed by atoms with Crippen molar-refractivity contribution in [1.29, 1.82) is 0 Å². The van der Waals surface area contributed by atoms with E-state index in [-0.39, 0.29) is 18.6 Å². The second-order valence-electron chi connectivity index (χ2n) is 5.60. The molecule has 0 unspecified atom stereocenters. The normalized spacial score (nSPS) is 11.3. The Morgan fingerprint density at radius 3 is 2.46 bits per heavy atom. The van der Waals surface area contributed by atoms with Crippen LogP contribution in [0.4, 0.5) is 0 Å². The number of carbonyl (C=O) groups excluding carboxylic acids is 2. The van der Waals surface area contributed by atoms with E-state index in [1.54, 1.807) is 31.4 Å². The molecule has 2 rings (SSSR count). The van der Waals surface area contributed by atoms with Gasteiger partial charge in [-0.15, -0.1) is 0 Å². The van der Waals surface area contributed by atoms with Crippen LogP contribution in [-0.4, -0.2) is 32.2 Å². The predicted octanol–water partition coefficient (Wildman–Crippen LogP) is 3.13. The summed E-state index contributed by atoms with van der Waals surface area (Å²) in [6.45, 7) is 3.93. The Hall–Kier alpha value is -3.02. The monoisotopic (exact) mass is 357 g/mol. The first-order valence-electron chi connectivity index (χ1n) is 8.36. The maximum absolute atomic E-state index is 12.0. The molecular weight excluding hydrogens is 334 g/mol. The number of carbonyl (C=O) groups is 2. The van der Waals surface area contributed by atoms with Crippen LogP contribution in [-0.2, 0) is 9.53 Å². The number of methoxy groups -OCH3 is 1. The molecule has 0 aliphatic carbocycles. The van der Waals surface area contributed by atoms with Gasteiger partial charge in [-0.25, -0.2) is 4.79 Å². The number of esters is 1. The lowest BCUT2D eigenvalue weighted by Gasteiger charge is -2.15. The Balaban J connectivity index is 1.84. The van der Waals surface area contributed by atoms with Crippen molar-refractivity contribution in [3.8, 4) is 11.5 Å². The van der Waals surface area contributed by atoms with Gasteiger partial charge in [0.2, 0.25) is 0 Å². The van der Waals surface area contributed by atoms with Crippen LogP contribution < -0.4 is 14.8 Å². The fourth-order valence-corrected chi connectivity index (χ4v) is 2.35. The summed E-state index contributed by atoms with van der Waals surface area (Å²) in [5, 5.41) is 2.79. The molecule has 0 aliphatic rings. The quantitative estimate of drug-likeness (QED) is 0.735. The molecule has 0 bridgehead atoms. The third kappa shape index (κ3) is 5.51. The Morgan fingerprint density at radius 1 is 1.08 bits per heavy atom. The summed E-state index contributed by atoms with van der Waals surface area (Å²) in [5.74, 6) is 0.455. The second-order valence-corrected chi connectivity index (χ2v) is 5.60. The van der Waals surface area contributed by atoms with E-state index in [4.69, 9.17) is 14.2 Å². The van der Waals surface area contributed by atoms with Gasteiger partial charge in [-0.1, -0.05) is 12.1 Å². The topological polar surface area (TPSA) is 73.9 Å². The highest BCUT2D eigenvalue weighted by Gasteiger charge is 2.13. The number of hydrogen-bond acceptors (Lipinski definition) is 5. The molecule has 138 valence electrons. The zero-order valence-electron chi connectivity index (χ0n) is 15.2. The molecule has 0 heterocycles. The lowest BCUT2D eigenvalue weighted by Crippen LogP contribution is -2.31. The minimum atomic E-state index is -0.558. The lowest BCUT2D eigenvalue weighted by atomic mass is 10.1. The molecule has 1 N–H and O–H groups in total. The number of hydrogen-bond donors (Lipinski definition) is 1. The van der Waals surface area contributed by atoms with Crippen molar-refractivity contribution < 1.29 is 23.8 Å². The molecule has 2 aromatic rings. The molecule has 0 saturated carbocycles. The molecular formula is C20H23NO5. The van der Waals surface area contributed by atoms with Gasteiger partial charge in [0.05, 0.1) is 25.3 Å². The van der Waals surface area contributed by atoms with E-state index >= 15 is 0 Å². The van der Waals surface area contributed by atoms with Gasteiger partial charge >= 0.3 is 5.97 Å². The highest BCUT2D eigenvalue weighted by atomic mass is 16.5. The standard InChI is InChI=1S/C20H23NO5/c1-4-25-17-10-8-15(9-11-17)20(23)26-13-19(22)21-14(2)16-6-5-7-18(12-16)24-3/h5-12,14H,4,13H2,1-3H3,(H,21,22)/t14-/m1/s1. The van der Waals surface area contributed by atoms with Crippen molar-refractivity contribution in [1.82, 2.24) is 5.32 Å². The molecule has 0 aliphatic heterocycles. The Bertz CT molecular complexity index is 742. The van der Waals surface area contributed by atoms with Crippen molar-refractivity contribution in [2.24, 2.45) is 0 Å². The summed E-state index contributed by atoms with van der Waals surface area (Å²) < 4.78 is 15.5. The zero-order chi connectivity index (χ0) is 18.9. The van der Waals surface area contributed by atoms with E-state index in [9.17, 15) is 9.59 Å². The van der Waals surface area contributed by atoms with E-state index in [0.717, 1.165) is 5.56 Å². The summed E-state index contributed by atoms with van der Waals surface area (Å²) >= 11 is 0. The minimum absolute atomic E-state index is 0.234. The zero-order valence-corrected chi connectivity index (χ0v) is 15.2. The number of ether oxygens (including phenoxy) is 3. The lowest BCUT2D eigenvalue weighted by molar-refractivity contribution is -0.124. The SMILES string of the molecule is CCOc1ccc(C(=O)OCC(=O)N[C@H](C)c2cccc(OC)c2)cc1. The van der Waals surface area contributed by atoms with Gasteiger partial charge in [0.15, 0.2) is 6.61 Å². The first-order valence-corrected chi connectivity index (χ1v) is 8.36. The minimum Gasteiger partial charge on any atom is -0.497 e. The summed E-state index contributed by atoms with van der Waals surface area (Å²) in [4.78, 5) is 24.0. The third-order valence-corrected chi connectivity index (χ3v) is 3.71. The summed E-state index contributed by atoms with van der Waals surface area (Å²) in [5.41, 5.74) is 1.26. The van der Waals surface area contributed by atoms with Gasteiger partial charge in [-0.05, 0) is 55.8 Å². The first kappa shape index (κ1) is 19.3. The van der Waals surface area contributed by atoms with Gasteiger partial charge in [-0.3, -0.25) is 4.79 Å². The number of rotatable bonds is 8. The van der Waals surface area contributed by atoms with Gasteiger partial charge in [0, 0.05) is 0 Å². The van der Waals surface area contributed by atoms with Crippen LogP contribution >= 0.6 is 0 Å². The van der Waals surface area contributed by atoms with Crippen molar-refractivity contribution in [2.75, 3.05) is 20.3 Å². The molecule has 26 heavy (non-hydrogen) atoms. The Kier molecular flexibility index (Phi) is 7.02. The van der Waals surface area contributed by atoms with Crippen LogP contribution in [0.15, 0.2) is 48.5 Å². The second kappa shape index (κ2) is 9.46. The fourth-order valence-electron chi connectivity index (χ4n) is 2.35. The van der Waals surface area contributed by atoms with Gasteiger partial charge < -0.3 is 19.5 Å².